The molecule has 1 N–H and O–H groups in total. The van der Waals surface area contributed by atoms with E-state index in [0.29, 0.717) is 0 Å². The van der Waals surface area contributed by atoms with Crippen LogP contribution in [0.15, 0.2) is 42.7 Å². The van der Waals surface area contributed by atoms with E-state index >= 15 is 0 Å². The second kappa shape index (κ2) is 5.55. The maximum atomic E-state index is 13.5. The van der Waals surface area contributed by atoms with Gasteiger partial charge in [0.25, 0.3) is 0 Å². The van der Waals surface area contributed by atoms with Crippen LogP contribution in [0.1, 0.15) is 5.56 Å². The quantitative estimate of drug-likeness (QED) is 0.808. The SMILES string of the molecule is Cn1cnc2cc(CC(=O)Nc3c(F)cccc3F)ccc21. The van der Waals surface area contributed by atoms with Gasteiger partial charge in [-0.3, -0.25) is 4.79 Å². The van der Waals surface area contributed by atoms with E-state index in [0.717, 1.165) is 28.7 Å². The number of aryl methyl sites for hydroxylation is 1. The Morgan fingerprint density at radius 3 is 2.68 bits per heavy atom. The first-order valence-corrected chi connectivity index (χ1v) is 6.68. The Morgan fingerprint density at radius 2 is 1.95 bits per heavy atom. The van der Waals surface area contributed by atoms with Gasteiger partial charge in [-0.25, -0.2) is 13.8 Å². The van der Waals surface area contributed by atoms with Crippen molar-refractivity contribution in [1.29, 1.82) is 0 Å². The van der Waals surface area contributed by atoms with Crippen LogP contribution in [0.2, 0.25) is 0 Å². The number of nitrogens with one attached hydrogen (secondary N) is 1. The van der Waals surface area contributed by atoms with Gasteiger partial charge in [0.05, 0.1) is 23.8 Å². The third-order valence-corrected chi connectivity index (χ3v) is 3.38. The standard InChI is InChI=1S/C16H13F2N3O/c1-21-9-19-13-7-10(5-6-14(13)21)8-15(22)20-16-11(17)3-2-4-12(16)18/h2-7,9H,8H2,1H3,(H,20,22). The van der Waals surface area contributed by atoms with Crippen molar-refractivity contribution < 1.29 is 13.6 Å². The number of nitrogens with zero attached hydrogens (tertiary/aromatic N) is 2. The van der Waals surface area contributed by atoms with E-state index in [4.69, 9.17) is 0 Å². The highest BCUT2D eigenvalue weighted by Gasteiger charge is 2.12. The predicted molar refractivity (Wildman–Crippen MR) is 79.4 cm³/mol. The molecule has 112 valence electrons. The van der Waals surface area contributed by atoms with E-state index in [2.05, 4.69) is 10.3 Å². The summed E-state index contributed by atoms with van der Waals surface area (Å²) in [5.74, 6) is -2.08. The molecule has 0 fully saturated rings. The van der Waals surface area contributed by atoms with Crippen LogP contribution >= 0.6 is 0 Å². The summed E-state index contributed by atoms with van der Waals surface area (Å²) in [6.07, 6.45) is 1.70. The number of carbonyl (C=O) groups excluding carboxylic acids is 1. The molecule has 6 heteroatoms. The molecule has 0 atom stereocenters. The fourth-order valence-corrected chi connectivity index (χ4v) is 2.28. The van der Waals surface area contributed by atoms with Crippen LogP contribution in [0.4, 0.5) is 14.5 Å². The first-order valence-electron chi connectivity index (χ1n) is 6.68. The van der Waals surface area contributed by atoms with Crippen molar-refractivity contribution in [2.45, 2.75) is 6.42 Å². The lowest BCUT2D eigenvalue weighted by Gasteiger charge is -2.07. The van der Waals surface area contributed by atoms with Crippen LogP contribution in [0.25, 0.3) is 11.0 Å². The topological polar surface area (TPSA) is 46.9 Å². The molecule has 0 saturated heterocycles. The molecule has 1 aromatic heterocycles. The number of carbonyl (C=O) groups is 1. The zero-order valence-electron chi connectivity index (χ0n) is 11.8. The van der Waals surface area contributed by atoms with Crippen molar-refractivity contribution in [3.63, 3.8) is 0 Å². The van der Waals surface area contributed by atoms with E-state index in [1.807, 2.05) is 17.7 Å². The summed E-state index contributed by atoms with van der Waals surface area (Å²) in [4.78, 5) is 16.2. The number of halogens is 2. The highest BCUT2D eigenvalue weighted by atomic mass is 19.1. The van der Waals surface area contributed by atoms with Gasteiger partial charge in [0.1, 0.15) is 17.3 Å². The Morgan fingerprint density at radius 1 is 1.23 bits per heavy atom. The van der Waals surface area contributed by atoms with Gasteiger partial charge < -0.3 is 9.88 Å². The number of para-hydroxylation sites is 1. The molecule has 0 aliphatic rings. The average Bonchev–Trinajstić information content (AvgIpc) is 2.84. The summed E-state index contributed by atoms with van der Waals surface area (Å²) in [6, 6.07) is 8.87. The van der Waals surface area contributed by atoms with Gasteiger partial charge in [-0.15, -0.1) is 0 Å². The minimum atomic E-state index is -0.798. The van der Waals surface area contributed by atoms with Crippen molar-refractivity contribution in [1.82, 2.24) is 9.55 Å². The maximum Gasteiger partial charge on any atom is 0.228 e. The summed E-state index contributed by atoms with van der Waals surface area (Å²) in [7, 11) is 1.88. The molecule has 0 unspecified atom stereocenters. The molecule has 1 heterocycles. The van der Waals surface area contributed by atoms with Gasteiger partial charge >= 0.3 is 0 Å². The molecule has 3 aromatic rings. The van der Waals surface area contributed by atoms with Gasteiger partial charge in [0.2, 0.25) is 5.91 Å². The van der Waals surface area contributed by atoms with Crippen molar-refractivity contribution in [3.05, 3.63) is 59.9 Å². The molecule has 0 saturated carbocycles. The highest BCUT2D eigenvalue weighted by Crippen LogP contribution is 2.19. The zero-order valence-corrected chi connectivity index (χ0v) is 11.8. The first-order chi connectivity index (χ1) is 10.5. The maximum absolute atomic E-state index is 13.5. The number of amides is 1. The number of imidazole rings is 1. The summed E-state index contributed by atoms with van der Waals surface area (Å²) in [6.45, 7) is 0. The summed E-state index contributed by atoms with van der Waals surface area (Å²) < 4.78 is 28.9. The van der Waals surface area contributed by atoms with Gasteiger partial charge in [0, 0.05) is 7.05 Å². The van der Waals surface area contributed by atoms with Crippen molar-refractivity contribution >= 4 is 22.6 Å². The number of fused-ring (bicyclic) bond motifs is 1. The third kappa shape index (κ3) is 2.67. The molecular formula is C16H13F2N3O. The van der Waals surface area contributed by atoms with Crippen LogP contribution in [-0.4, -0.2) is 15.5 Å². The number of benzene rings is 2. The molecule has 0 spiro atoms. The Kier molecular flexibility index (Phi) is 3.58. The molecule has 1 amide bonds. The van der Waals surface area contributed by atoms with Crippen molar-refractivity contribution in [2.24, 2.45) is 7.05 Å². The van der Waals surface area contributed by atoms with Crippen LogP contribution in [-0.2, 0) is 18.3 Å². The number of rotatable bonds is 3. The summed E-state index contributed by atoms with van der Waals surface area (Å²) in [5, 5.41) is 2.27. The summed E-state index contributed by atoms with van der Waals surface area (Å²) in [5.41, 5.74) is 2.01. The van der Waals surface area contributed by atoms with Crippen LogP contribution < -0.4 is 5.32 Å². The van der Waals surface area contributed by atoms with Gasteiger partial charge in [0.15, 0.2) is 0 Å². The van der Waals surface area contributed by atoms with E-state index in [-0.39, 0.29) is 6.42 Å². The second-order valence-electron chi connectivity index (χ2n) is 5.00. The molecule has 3 rings (SSSR count). The third-order valence-electron chi connectivity index (χ3n) is 3.38. The molecular weight excluding hydrogens is 288 g/mol. The Balaban J connectivity index is 1.78. The van der Waals surface area contributed by atoms with Crippen LogP contribution in [0.3, 0.4) is 0 Å². The molecule has 0 bridgehead atoms. The van der Waals surface area contributed by atoms with Crippen molar-refractivity contribution in [2.75, 3.05) is 5.32 Å². The van der Waals surface area contributed by atoms with Crippen LogP contribution in [0.5, 0.6) is 0 Å². The van der Waals surface area contributed by atoms with Crippen molar-refractivity contribution in [3.8, 4) is 0 Å². The lowest BCUT2D eigenvalue weighted by molar-refractivity contribution is -0.115. The highest BCUT2D eigenvalue weighted by molar-refractivity contribution is 5.93. The van der Waals surface area contributed by atoms with Gasteiger partial charge in [-0.1, -0.05) is 12.1 Å². The van der Waals surface area contributed by atoms with E-state index in [9.17, 15) is 13.6 Å². The van der Waals surface area contributed by atoms with E-state index in [1.54, 1.807) is 18.5 Å². The number of aromatic nitrogens is 2. The molecule has 0 aliphatic heterocycles. The molecule has 4 nitrogen and oxygen atoms in total. The average molecular weight is 301 g/mol. The lowest BCUT2D eigenvalue weighted by Crippen LogP contribution is -2.16. The predicted octanol–water partition coefficient (Wildman–Crippen LogP) is 3.03. The number of anilines is 1. The van der Waals surface area contributed by atoms with Gasteiger partial charge in [-0.05, 0) is 29.8 Å². The van der Waals surface area contributed by atoms with E-state index < -0.39 is 23.2 Å². The fourth-order valence-electron chi connectivity index (χ4n) is 2.28. The second-order valence-corrected chi connectivity index (χ2v) is 5.00. The smallest absolute Gasteiger partial charge is 0.228 e. The Labute approximate surface area is 125 Å². The molecule has 0 aliphatic carbocycles. The van der Waals surface area contributed by atoms with Crippen LogP contribution in [0, 0.1) is 11.6 Å². The largest absolute Gasteiger partial charge is 0.334 e. The lowest BCUT2D eigenvalue weighted by atomic mass is 10.1. The normalized spacial score (nSPS) is 10.9. The molecule has 0 radical (unpaired) electrons. The fraction of sp³-hybridized carbons (Fsp3) is 0.125. The minimum Gasteiger partial charge on any atom is -0.334 e. The molecule has 2 aromatic carbocycles. The van der Waals surface area contributed by atoms with E-state index in [1.165, 1.54) is 6.07 Å². The monoisotopic (exact) mass is 301 g/mol. The van der Waals surface area contributed by atoms with Gasteiger partial charge in [-0.2, -0.15) is 0 Å². The molecule has 22 heavy (non-hydrogen) atoms. The Hall–Kier alpha value is -2.76. The first kappa shape index (κ1) is 14.2. The Bertz CT molecular complexity index is 837. The number of hydrogen-bond donors (Lipinski definition) is 1. The zero-order chi connectivity index (χ0) is 15.7. The minimum absolute atomic E-state index is 0.0142. The summed E-state index contributed by atoms with van der Waals surface area (Å²) >= 11 is 0. The number of hydrogen-bond acceptors (Lipinski definition) is 2.